The number of hydrogen-bond acceptors (Lipinski definition) is 4. The second kappa shape index (κ2) is 15.2. The lowest BCUT2D eigenvalue weighted by molar-refractivity contribution is 0.669. The molecule has 4 heteroatoms. The van der Waals surface area contributed by atoms with E-state index >= 15 is 0 Å². The average molecular weight is 804 g/mol. The molecule has 0 bridgehead atoms. The molecule has 0 N–H and O–H groups in total. The fourth-order valence-corrected chi connectivity index (χ4v) is 9.06. The lowest BCUT2D eigenvalue weighted by Crippen LogP contribution is -1.96. The minimum atomic E-state index is 0.691. The van der Waals surface area contributed by atoms with Crippen LogP contribution in [-0.2, 0) is 0 Å². The second-order valence-electron chi connectivity index (χ2n) is 15.9. The van der Waals surface area contributed by atoms with Gasteiger partial charge in [0.1, 0.15) is 11.2 Å². The Morgan fingerprint density at radius 1 is 0.286 bits per heavy atom. The molecule has 294 valence electrons. The number of aromatic nitrogens is 3. The molecule has 0 unspecified atom stereocenters. The van der Waals surface area contributed by atoms with Crippen molar-refractivity contribution in [1.29, 1.82) is 0 Å². The van der Waals surface area contributed by atoms with Crippen LogP contribution in [0.25, 0.3) is 122 Å². The number of benzene rings is 9. The molecule has 12 rings (SSSR count). The van der Waals surface area contributed by atoms with Crippen LogP contribution in [0.15, 0.2) is 229 Å². The number of furan rings is 1. The predicted molar refractivity (Wildman–Crippen MR) is 260 cm³/mol. The van der Waals surface area contributed by atoms with Crippen LogP contribution in [0.3, 0.4) is 0 Å². The van der Waals surface area contributed by atoms with E-state index in [9.17, 15) is 0 Å². The monoisotopic (exact) mass is 803 g/mol. The van der Waals surface area contributed by atoms with Crippen molar-refractivity contribution >= 4 is 43.6 Å². The molecule has 0 aliphatic rings. The van der Waals surface area contributed by atoms with Gasteiger partial charge in [-0.25, -0.2) is 15.0 Å². The summed E-state index contributed by atoms with van der Waals surface area (Å²) in [4.78, 5) is 15.5. The van der Waals surface area contributed by atoms with Gasteiger partial charge in [0.25, 0.3) is 0 Å². The molecular weight excluding hydrogens is 767 g/mol. The first-order chi connectivity index (χ1) is 31.2. The van der Waals surface area contributed by atoms with Gasteiger partial charge in [0.2, 0.25) is 0 Å². The van der Waals surface area contributed by atoms with Crippen LogP contribution in [-0.4, -0.2) is 15.0 Å². The van der Waals surface area contributed by atoms with Crippen molar-refractivity contribution in [1.82, 2.24) is 15.0 Å². The van der Waals surface area contributed by atoms with Gasteiger partial charge in [0.15, 0.2) is 5.82 Å². The highest BCUT2D eigenvalue weighted by Crippen LogP contribution is 2.47. The van der Waals surface area contributed by atoms with Crippen LogP contribution in [0.2, 0.25) is 0 Å². The summed E-state index contributed by atoms with van der Waals surface area (Å²) in [5.41, 5.74) is 16.2. The number of para-hydroxylation sites is 2. The lowest BCUT2D eigenvalue weighted by Gasteiger charge is -2.16. The molecule has 12 aromatic rings. The van der Waals surface area contributed by atoms with Crippen molar-refractivity contribution in [3.63, 3.8) is 0 Å². The Kier molecular flexibility index (Phi) is 8.79. The number of rotatable bonds is 7. The fourth-order valence-electron chi connectivity index (χ4n) is 9.06. The maximum atomic E-state index is 6.66. The average Bonchev–Trinajstić information content (AvgIpc) is 3.74. The van der Waals surface area contributed by atoms with Crippen molar-refractivity contribution in [2.75, 3.05) is 0 Å². The summed E-state index contributed by atoms with van der Waals surface area (Å²) in [5, 5.41) is 5.52. The molecule has 9 aromatic carbocycles. The number of fused-ring (bicyclic) bond motifs is 6. The van der Waals surface area contributed by atoms with Crippen LogP contribution in [0.5, 0.6) is 0 Å². The molecule has 0 saturated carbocycles. The first-order valence-electron chi connectivity index (χ1n) is 21.3. The Morgan fingerprint density at radius 3 is 1.54 bits per heavy atom. The Labute approximate surface area is 364 Å². The maximum absolute atomic E-state index is 6.66. The van der Waals surface area contributed by atoms with Crippen molar-refractivity contribution < 1.29 is 4.42 Å². The van der Waals surface area contributed by atoms with Gasteiger partial charge in [0, 0.05) is 54.7 Å². The molecule has 63 heavy (non-hydrogen) atoms. The molecular formula is C59H37N3O. The van der Waals surface area contributed by atoms with Crippen LogP contribution in [0, 0.1) is 0 Å². The smallest absolute Gasteiger partial charge is 0.160 e. The van der Waals surface area contributed by atoms with Gasteiger partial charge < -0.3 is 4.42 Å². The third-order valence-corrected chi connectivity index (χ3v) is 12.1. The number of hydrogen-bond donors (Lipinski definition) is 0. The second-order valence-corrected chi connectivity index (χ2v) is 15.9. The van der Waals surface area contributed by atoms with Crippen molar-refractivity contribution in [3.8, 4) is 78.5 Å². The highest BCUT2D eigenvalue weighted by atomic mass is 16.3. The van der Waals surface area contributed by atoms with E-state index in [4.69, 9.17) is 19.4 Å². The Morgan fingerprint density at radius 2 is 0.810 bits per heavy atom. The van der Waals surface area contributed by atoms with Gasteiger partial charge in [-0.1, -0.05) is 188 Å². The molecule has 0 aliphatic carbocycles. The predicted octanol–water partition coefficient (Wildman–Crippen LogP) is 15.7. The molecule has 0 aliphatic heterocycles. The van der Waals surface area contributed by atoms with Crippen LogP contribution in [0.4, 0.5) is 0 Å². The zero-order valence-corrected chi connectivity index (χ0v) is 34.1. The Hall–Kier alpha value is -8.47. The van der Waals surface area contributed by atoms with E-state index in [1.165, 1.54) is 5.56 Å². The molecule has 0 amide bonds. The van der Waals surface area contributed by atoms with Crippen LogP contribution in [0.1, 0.15) is 0 Å². The van der Waals surface area contributed by atoms with Gasteiger partial charge >= 0.3 is 0 Å². The van der Waals surface area contributed by atoms with Gasteiger partial charge in [-0.3, -0.25) is 0 Å². The first kappa shape index (κ1) is 36.4. The zero-order valence-electron chi connectivity index (χ0n) is 34.1. The van der Waals surface area contributed by atoms with Crippen LogP contribution < -0.4 is 0 Å². The third kappa shape index (κ3) is 6.53. The van der Waals surface area contributed by atoms with Gasteiger partial charge in [-0.05, 0) is 64.2 Å². The van der Waals surface area contributed by atoms with Gasteiger partial charge in [-0.15, -0.1) is 0 Å². The summed E-state index contributed by atoms with van der Waals surface area (Å²) >= 11 is 0. The first-order valence-corrected chi connectivity index (χ1v) is 21.3. The van der Waals surface area contributed by atoms with Crippen molar-refractivity contribution in [2.24, 2.45) is 0 Å². The summed E-state index contributed by atoms with van der Waals surface area (Å²) < 4.78 is 6.66. The summed E-state index contributed by atoms with van der Waals surface area (Å²) in [6, 6.07) is 78.5. The molecule has 4 nitrogen and oxygen atoms in total. The molecule has 0 spiro atoms. The highest BCUT2D eigenvalue weighted by molar-refractivity contribution is 6.27. The van der Waals surface area contributed by atoms with Crippen LogP contribution >= 0.6 is 0 Å². The summed E-state index contributed by atoms with van der Waals surface area (Å²) in [7, 11) is 0. The molecule has 0 fully saturated rings. The number of pyridine rings is 1. The van der Waals surface area contributed by atoms with E-state index in [0.717, 1.165) is 111 Å². The minimum absolute atomic E-state index is 0.691. The highest BCUT2D eigenvalue weighted by Gasteiger charge is 2.22. The fraction of sp³-hybridized carbons (Fsp3) is 0. The Bertz CT molecular complexity index is 3650. The Balaban J connectivity index is 1.00. The zero-order chi connectivity index (χ0) is 41.7. The quantitative estimate of drug-likeness (QED) is 0.151. The van der Waals surface area contributed by atoms with E-state index in [1.807, 2.05) is 36.4 Å². The van der Waals surface area contributed by atoms with Gasteiger partial charge in [0.05, 0.1) is 22.6 Å². The molecule has 0 radical (unpaired) electrons. The van der Waals surface area contributed by atoms with E-state index in [-0.39, 0.29) is 0 Å². The molecule has 3 aromatic heterocycles. The molecule has 0 atom stereocenters. The molecule has 0 saturated heterocycles. The van der Waals surface area contributed by atoms with Crippen molar-refractivity contribution in [2.45, 2.75) is 0 Å². The normalized spacial score (nSPS) is 11.5. The minimum Gasteiger partial charge on any atom is -0.456 e. The lowest BCUT2D eigenvalue weighted by atomic mass is 9.88. The van der Waals surface area contributed by atoms with E-state index in [0.29, 0.717) is 5.82 Å². The standard InChI is InChI=1S/C59H37N3O/c1-4-16-38(17-5-1)43-22-14-24-45(34-43)52-37-51(61-59(62-52)42-20-8-3-9-21-42)40-32-30-39(31-33-40)44-23-15-25-46(35-44)55-56-47-26-10-12-28-50(47)60-58(41-18-6-2-7-19-41)49(56)36-54-57(55)48-27-11-13-29-53(48)63-54/h1-37H. The summed E-state index contributed by atoms with van der Waals surface area (Å²) in [6.07, 6.45) is 0. The summed E-state index contributed by atoms with van der Waals surface area (Å²) in [6.45, 7) is 0. The number of nitrogens with zero attached hydrogens (tertiary/aromatic N) is 3. The van der Waals surface area contributed by atoms with E-state index in [2.05, 4.69) is 188 Å². The maximum Gasteiger partial charge on any atom is 0.160 e. The molecule has 3 heterocycles. The van der Waals surface area contributed by atoms with Gasteiger partial charge in [-0.2, -0.15) is 0 Å². The van der Waals surface area contributed by atoms with E-state index in [1.54, 1.807) is 0 Å². The topological polar surface area (TPSA) is 51.8 Å². The summed E-state index contributed by atoms with van der Waals surface area (Å²) in [5.74, 6) is 0.691. The largest absolute Gasteiger partial charge is 0.456 e. The SMILES string of the molecule is c1ccc(-c2cccc(-c3cc(-c4ccc(-c5cccc(-c6c7c(cc8c(-c9ccccc9)nc9ccccc9c68)oc6ccccc67)c5)cc4)nc(-c4ccccc4)n3)c2)cc1. The van der Waals surface area contributed by atoms with E-state index < -0.39 is 0 Å². The van der Waals surface area contributed by atoms with Crippen molar-refractivity contribution in [3.05, 3.63) is 224 Å². The third-order valence-electron chi connectivity index (χ3n) is 12.1.